The molecule has 0 amide bonds. The Morgan fingerprint density at radius 1 is 1.50 bits per heavy atom. The van der Waals surface area contributed by atoms with Gasteiger partial charge in [-0.25, -0.2) is 9.18 Å². The minimum absolute atomic E-state index is 0.0408. The first kappa shape index (κ1) is 14.6. The van der Waals surface area contributed by atoms with Crippen molar-refractivity contribution in [3.05, 3.63) is 44.9 Å². The van der Waals surface area contributed by atoms with Crippen LogP contribution in [-0.4, -0.2) is 13.1 Å². The second-order valence-electron chi connectivity index (χ2n) is 3.97. The van der Waals surface area contributed by atoms with Crippen molar-refractivity contribution < 1.29 is 13.9 Å². The van der Waals surface area contributed by atoms with Gasteiger partial charge in [-0.05, 0) is 24.3 Å². The average Bonchev–Trinajstić information content (AvgIpc) is 2.83. The molecule has 1 aromatic heterocycles. The molecule has 0 saturated carbocycles. The maximum atomic E-state index is 13.8. The lowest BCUT2D eigenvalue weighted by Crippen LogP contribution is -2.09. The van der Waals surface area contributed by atoms with Gasteiger partial charge in [-0.1, -0.05) is 11.6 Å². The summed E-state index contributed by atoms with van der Waals surface area (Å²) in [7, 11) is 1.24. The van der Waals surface area contributed by atoms with Crippen molar-refractivity contribution in [3.8, 4) is 0 Å². The molecule has 0 unspecified atom stereocenters. The second kappa shape index (κ2) is 6.11. The number of anilines is 2. The van der Waals surface area contributed by atoms with E-state index in [9.17, 15) is 9.18 Å². The molecule has 3 N–H and O–H groups in total. The molecular weight excluding hydrogens is 303 g/mol. The number of methoxy groups -OCH3 is 1. The van der Waals surface area contributed by atoms with Gasteiger partial charge in [-0.3, -0.25) is 0 Å². The number of halogens is 2. The molecule has 2 rings (SSSR count). The summed E-state index contributed by atoms with van der Waals surface area (Å²) in [6, 6.07) is 6.04. The number of benzene rings is 1. The lowest BCUT2D eigenvalue weighted by atomic mass is 10.1. The summed E-state index contributed by atoms with van der Waals surface area (Å²) >= 11 is 7.21. The van der Waals surface area contributed by atoms with Gasteiger partial charge in [0.05, 0.1) is 22.7 Å². The van der Waals surface area contributed by atoms with E-state index in [1.807, 2.05) is 6.07 Å². The fourth-order valence-corrected chi connectivity index (χ4v) is 2.67. The Kier molecular flexibility index (Phi) is 4.46. The van der Waals surface area contributed by atoms with E-state index in [1.165, 1.54) is 24.5 Å². The number of ether oxygens (including phenoxy) is 1. The molecule has 0 spiro atoms. The van der Waals surface area contributed by atoms with Crippen LogP contribution in [-0.2, 0) is 11.3 Å². The van der Waals surface area contributed by atoms with E-state index in [4.69, 9.17) is 17.3 Å². The molecule has 106 valence electrons. The van der Waals surface area contributed by atoms with Crippen molar-refractivity contribution in [3.63, 3.8) is 0 Å². The van der Waals surface area contributed by atoms with Gasteiger partial charge in [0, 0.05) is 17.1 Å². The molecule has 2 aromatic rings. The van der Waals surface area contributed by atoms with Crippen molar-refractivity contribution >= 4 is 40.3 Å². The maximum Gasteiger partial charge on any atom is 0.340 e. The molecule has 0 aliphatic heterocycles. The Morgan fingerprint density at radius 3 is 2.85 bits per heavy atom. The summed E-state index contributed by atoms with van der Waals surface area (Å²) < 4.78 is 19.0. The Morgan fingerprint density at radius 2 is 2.25 bits per heavy atom. The highest BCUT2D eigenvalue weighted by molar-refractivity contribution is 7.16. The standard InChI is InChI=1S/C13H12ClFN2O2S/c1-19-13(18)8-4-11(9(15)5-10(8)16)17-6-7-2-3-12(14)20-7/h2-5,17H,6,16H2,1H3. The molecule has 0 atom stereocenters. The molecule has 7 heteroatoms. The number of carbonyl (C=O) groups is 1. The van der Waals surface area contributed by atoms with Gasteiger partial charge in [0.15, 0.2) is 0 Å². The number of hydrogen-bond acceptors (Lipinski definition) is 5. The number of esters is 1. The van der Waals surface area contributed by atoms with Crippen molar-refractivity contribution in [2.24, 2.45) is 0 Å². The molecule has 1 aromatic carbocycles. The zero-order valence-electron chi connectivity index (χ0n) is 10.6. The van der Waals surface area contributed by atoms with Crippen LogP contribution in [0.25, 0.3) is 0 Å². The van der Waals surface area contributed by atoms with Crippen LogP contribution < -0.4 is 11.1 Å². The van der Waals surface area contributed by atoms with Gasteiger partial charge in [-0.2, -0.15) is 0 Å². The van der Waals surface area contributed by atoms with Crippen LogP contribution in [0.2, 0.25) is 4.34 Å². The van der Waals surface area contributed by atoms with Crippen LogP contribution in [0.4, 0.5) is 15.8 Å². The topological polar surface area (TPSA) is 64.3 Å². The third-order valence-electron chi connectivity index (χ3n) is 2.63. The molecular formula is C13H12ClFN2O2S. The highest BCUT2D eigenvalue weighted by Crippen LogP contribution is 2.25. The van der Waals surface area contributed by atoms with Gasteiger partial charge >= 0.3 is 5.97 Å². The maximum absolute atomic E-state index is 13.8. The van der Waals surface area contributed by atoms with E-state index in [0.717, 1.165) is 10.9 Å². The zero-order valence-corrected chi connectivity index (χ0v) is 12.1. The van der Waals surface area contributed by atoms with E-state index in [0.29, 0.717) is 10.9 Å². The van der Waals surface area contributed by atoms with E-state index in [2.05, 4.69) is 10.1 Å². The molecule has 4 nitrogen and oxygen atoms in total. The number of rotatable bonds is 4. The number of carbonyl (C=O) groups excluding carboxylic acids is 1. The summed E-state index contributed by atoms with van der Waals surface area (Å²) in [6.45, 7) is 0.402. The molecule has 20 heavy (non-hydrogen) atoms. The first-order valence-electron chi connectivity index (χ1n) is 5.66. The number of thiophene rings is 1. The molecule has 0 fully saturated rings. The van der Waals surface area contributed by atoms with Crippen molar-refractivity contribution in [2.45, 2.75) is 6.54 Å². The van der Waals surface area contributed by atoms with E-state index in [-0.39, 0.29) is 16.9 Å². The van der Waals surface area contributed by atoms with E-state index < -0.39 is 11.8 Å². The molecule has 1 heterocycles. The number of nitrogen functional groups attached to an aromatic ring is 1. The summed E-state index contributed by atoms with van der Waals surface area (Å²) in [5.41, 5.74) is 5.94. The van der Waals surface area contributed by atoms with Gasteiger partial charge < -0.3 is 15.8 Å². The predicted molar refractivity (Wildman–Crippen MR) is 78.8 cm³/mol. The van der Waals surface area contributed by atoms with Gasteiger partial charge in [0.1, 0.15) is 5.82 Å². The summed E-state index contributed by atoms with van der Waals surface area (Å²) in [5.74, 6) is -1.14. The number of nitrogens with two attached hydrogens (primary N) is 1. The Bertz CT molecular complexity index is 645. The molecule has 0 aliphatic carbocycles. The Balaban J connectivity index is 2.20. The Hall–Kier alpha value is -1.79. The lowest BCUT2D eigenvalue weighted by molar-refractivity contribution is 0.0602. The van der Waals surface area contributed by atoms with E-state index >= 15 is 0 Å². The molecule has 0 bridgehead atoms. The highest BCUT2D eigenvalue weighted by atomic mass is 35.5. The second-order valence-corrected chi connectivity index (χ2v) is 5.77. The SMILES string of the molecule is COC(=O)c1cc(NCc2ccc(Cl)s2)c(F)cc1N. The van der Waals surface area contributed by atoms with E-state index in [1.54, 1.807) is 6.07 Å². The Labute approximate surface area is 124 Å². The fraction of sp³-hybridized carbons (Fsp3) is 0.154. The first-order chi connectivity index (χ1) is 9.51. The largest absolute Gasteiger partial charge is 0.465 e. The van der Waals surface area contributed by atoms with Crippen LogP contribution in [0.15, 0.2) is 24.3 Å². The lowest BCUT2D eigenvalue weighted by Gasteiger charge is -2.10. The predicted octanol–water partition coefficient (Wildman–Crippen LogP) is 3.52. The highest BCUT2D eigenvalue weighted by Gasteiger charge is 2.14. The quantitative estimate of drug-likeness (QED) is 0.669. The summed E-state index contributed by atoms with van der Waals surface area (Å²) in [5, 5.41) is 2.90. The smallest absolute Gasteiger partial charge is 0.340 e. The molecule has 0 saturated heterocycles. The van der Waals surface area contributed by atoms with Crippen LogP contribution in [0, 0.1) is 5.82 Å². The minimum Gasteiger partial charge on any atom is -0.465 e. The summed E-state index contributed by atoms with van der Waals surface area (Å²) in [4.78, 5) is 12.5. The molecule has 0 radical (unpaired) electrons. The number of hydrogen-bond donors (Lipinski definition) is 2. The van der Waals surface area contributed by atoms with Crippen LogP contribution in [0.3, 0.4) is 0 Å². The van der Waals surface area contributed by atoms with Crippen LogP contribution in [0.5, 0.6) is 0 Å². The average molecular weight is 315 g/mol. The minimum atomic E-state index is -0.607. The monoisotopic (exact) mass is 314 g/mol. The summed E-state index contributed by atoms with van der Waals surface area (Å²) in [6.07, 6.45) is 0. The van der Waals surface area contributed by atoms with Crippen LogP contribution in [0.1, 0.15) is 15.2 Å². The fourth-order valence-electron chi connectivity index (χ4n) is 1.64. The zero-order chi connectivity index (χ0) is 14.7. The number of nitrogens with one attached hydrogen (secondary N) is 1. The first-order valence-corrected chi connectivity index (χ1v) is 6.86. The van der Waals surface area contributed by atoms with Gasteiger partial charge in [0.2, 0.25) is 0 Å². The third kappa shape index (κ3) is 3.20. The molecule has 0 aliphatic rings. The van der Waals surface area contributed by atoms with Gasteiger partial charge in [0.25, 0.3) is 0 Å². The van der Waals surface area contributed by atoms with Gasteiger partial charge in [-0.15, -0.1) is 11.3 Å². The van der Waals surface area contributed by atoms with Crippen molar-refractivity contribution in [1.29, 1.82) is 0 Å². The van der Waals surface area contributed by atoms with Crippen LogP contribution >= 0.6 is 22.9 Å². The van der Waals surface area contributed by atoms with Crippen molar-refractivity contribution in [2.75, 3.05) is 18.2 Å². The van der Waals surface area contributed by atoms with Crippen molar-refractivity contribution in [1.82, 2.24) is 0 Å². The third-order valence-corrected chi connectivity index (χ3v) is 3.86. The normalized spacial score (nSPS) is 10.3.